The highest BCUT2D eigenvalue weighted by molar-refractivity contribution is 6.01. The Morgan fingerprint density at radius 2 is 2.47 bits per heavy atom. The van der Waals surface area contributed by atoms with Crippen molar-refractivity contribution in [2.75, 3.05) is 13.1 Å². The molecule has 1 fully saturated rings. The van der Waals surface area contributed by atoms with Gasteiger partial charge in [-0.2, -0.15) is 0 Å². The number of amides is 1. The number of hydrogen-bond acceptors (Lipinski definition) is 4. The Kier molecular flexibility index (Phi) is 2.51. The number of nitrogens with one attached hydrogen (secondary N) is 2. The van der Waals surface area contributed by atoms with Crippen LogP contribution >= 0.6 is 0 Å². The molecule has 0 saturated carbocycles. The fourth-order valence-electron chi connectivity index (χ4n) is 1.50. The second-order valence-corrected chi connectivity index (χ2v) is 3.54. The molecule has 15 heavy (non-hydrogen) atoms. The van der Waals surface area contributed by atoms with Gasteiger partial charge in [0.1, 0.15) is 11.7 Å². The van der Waals surface area contributed by atoms with E-state index < -0.39 is 6.04 Å². The highest BCUT2D eigenvalue weighted by Gasteiger charge is 2.26. The van der Waals surface area contributed by atoms with E-state index in [1.807, 2.05) is 0 Å². The van der Waals surface area contributed by atoms with Crippen molar-refractivity contribution in [2.24, 2.45) is 7.05 Å². The van der Waals surface area contributed by atoms with Crippen molar-refractivity contribution in [1.29, 1.82) is 0 Å². The molecule has 1 aliphatic heterocycles. The van der Waals surface area contributed by atoms with Gasteiger partial charge < -0.3 is 15.2 Å². The van der Waals surface area contributed by atoms with Crippen LogP contribution < -0.4 is 10.6 Å². The molecule has 2 N–H and O–H groups in total. The Hall–Kier alpha value is -1.69. The van der Waals surface area contributed by atoms with Gasteiger partial charge in [0.2, 0.25) is 11.7 Å². The maximum atomic E-state index is 11.8. The lowest BCUT2D eigenvalue weighted by atomic mass is 10.1. The summed E-state index contributed by atoms with van der Waals surface area (Å²) in [4.78, 5) is 26.8. The van der Waals surface area contributed by atoms with Crippen molar-refractivity contribution in [3.63, 3.8) is 0 Å². The highest BCUT2D eigenvalue weighted by atomic mass is 16.2. The van der Waals surface area contributed by atoms with E-state index in [0.29, 0.717) is 12.2 Å². The maximum absolute atomic E-state index is 11.8. The average Bonchev–Trinajstić information content (AvgIpc) is 2.64. The van der Waals surface area contributed by atoms with Crippen LogP contribution in [-0.4, -0.2) is 40.4 Å². The topological polar surface area (TPSA) is 76.0 Å². The van der Waals surface area contributed by atoms with Crippen molar-refractivity contribution in [1.82, 2.24) is 20.2 Å². The third kappa shape index (κ3) is 2.04. The van der Waals surface area contributed by atoms with Crippen LogP contribution in [0.1, 0.15) is 10.5 Å². The molecule has 1 aliphatic rings. The number of rotatable bonds is 2. The molecule has 0 spiro atoms. The quantitative estimate of drug-likeness (QED) is 0.592. The van der Waals surface area contributed by atoms with Gasteiger partial charge in [-0.15, -0.1) is 0 Å². The number of hydrogen-bond donors (Lipinski definition) is 2. The summed E-state index contributed by atoms with van der Waals surface area (Å²) in [6.07, 6.45) is 3.20. The summed E-state index contributed by atoms with van der Waals surface area (Å²) in [6, 6.07) is -0.499. The average molecular weight is 208 g/mol. The van der Waals surface area contributed by atoms with Crippen molar-refractivity contribution in [2.45, 2.75) is 6.04 Å². The largest absolute Gasteiger partial charge is 0.343 e. The lowest BCUT2D eigenvalue weighted by Crippen LogP contribution is -2.55. The fraction of sp³-hybridized carbons (Fsp3) is 0.444. The zero-order valence-corrected chi connectivity index (χ0v) is 8.36. The number of imidazole rings is 1. The van der Waals surface area contributed by atoms with E-state index in [2.05, 4.69) is 15.6 Å². The lowest BCUT2D eigenvalue weighted by Gasteiger charge is -2.22. The second kappa shape index (κ2) is 3.82. The van der Waals surface area contributed by atoms with Crippen LogP contribution in [0.5, 0.6) is 0 Å². The van der Waals surface area contributed by atoms with Gasteiger partial charge >= 0.3 is 0 Å². The first kappa shape index (κ1) is 9.85. The van der Waals surface area contributed by atoms with Crippen molar-refractivity contribution < 1.29 is 9.59 Å². The molecule has 1 saturated heterocycles. The summed E-state index contributed by atoms with van der Waals surface area (Å²) in [6.45, 7) is 0.729. The SMILES string of the molecule is Cn1cnc(C(=O)C2CNCC(=O)N2)c1. The van der Waals surface area contributed by atoms with Crippen LogP contribution in [0.4, 0.5) is 0 Å². The van der Waals surface area contributed by atoms with Gasteiger partial charge in [-0.25, -0.2) is 4.98 Å². The number of piperazine rings is 1. The second-order valence-electron chi connectivity index (χ2n) is 3.54. The van der Waals surface area contributed by atoms with Gasteiger partial charge in [-0.1, -0.05) is 0 Å². The number of carbonyl (C=O) groups excluding carboxylic acids is 2. The van der Waals surface area contributed by atoms with E-state index in [1.165, 1.54) is 0 Å². The number of carbonyl (C=O) groups is 2. The Morgan fingerprint density at radius 1 is 1.67 bits per heavy atom. The van der Waals surface area contributed by atoms with E-state index in [-0.39, 0.29) is 18.2 Å². The van der Waals surface area contributed by atoms with E-state index >= 15 is 0 Å². The summed E-state index contributed by atoms with van der Waals surface area (Å²) < 4.78 is 1.70. The van der Waals surface area contributed by atoms with Gasteiger partial charge in [0.15, 0.2) is 0 Å². The molecule has 1 aromatic rings. The Morgan fingerprint density at radius 3 is 3.07 bits per heavy atom. The third-order valence-electron chi connectivity index (χ3n) is 2.24. The molecule has 0 radical (unpaired) electrons. The zero-order valence-electron chi connectivity index (χ0n) is 8.36. The normalized spacial score (nSPS) is 21.1. The molecule has 2 heterocycles. The van der Waals surface area contributed by atoms with Gasteiger partial charge in [-0.3, -0.25) is 9.59 Å². The number of nitrogens with zero attached hydrogens (tertiary/aromatic N) is 2. The van der Waals surface area contributed by atoms with Gasteiger partial charge in [0, 0.05) is 19.8 Å². The lowest BCUT2D eigenvalue weighted by molar-refractivity contribution is -0.121. The number of aromatic nitrogens is 2. The standard InChI is InChI=1S/C9H12N4O2/c1-13-4-7(11-5-13)9(15)6-2-10-3-8(14)12-6/h4-6,10H,2-3H2,1H3,(H,12,14). The molecule has 0 aliphatic carbocycles. The summed E-state index contributed by atoms with van der Waals surface area (Å²) in [5.74, 6) is -0.313. The van der Waals surface area contributed by atoms with E-state index in [1.54, 1.807) is 24.1 Å². The molecule has 0 bridgehead atoms. The third-order valence-corrected chi connectivity index (χ3v) is 2.24. The first-order chi connectivity index (χ1) is 7.16. The summed E-state index contributed by atoms with van der Waals surface area (Å²) >= 11 is 0. The molecule has 0 aromatic carbocycles. The van der Waals surface area contributed by atoms with Crippen LogP contribution in [-0.2, 0) is 11.8 Å². The van der Waals surface area contributed by atoms with Crippen LogP contribution in [0.3, 0.4) is 0 Å². The summed E-state index contributed by atoms with van der Waals surface area (Å²) in [5, 5.41) is 5.50. The highest BCUT2D eigenvalue weighted by Crippen LogP contribution is 2.01. The minimum absolute atomic E-state index is 0.156. The molecule has 6 heteroatoms. The minimum Gasteiger partial charge on any atom is -0.343 e. The van der Waals surface area contributed by atoms with E-state index in [9.17, 15) is 9.59 Å². The van der Waals surface area contributed by atoms with Gasteiger partial charge in [0.25, 0.3) is 0 Å². The predicted octanol–water partition coefficient (Wildman–Crippen LogP) is -1.31. The van der Waals surface area contributed by atoms with E-state index in [0.717, 1.165) is 0 Å². The van der Waals surface area contributed by atoms with Crippen LogP contribution in [0.15, 0.2) is 12.5 Å². The monoisotopic (exact) mass is 208 g/mol. The van der Waals surface area contributed by atoms with E-state index in [4.69, 9.17) is 0 Å². The number of Topliss-reactive ketones (excluding diaryl/α,β-unsaturated/α-hetero) is 1. The Balaban J connectivity index is 2.10. The zero-order chi connectivity index (χ0) is 10.8. The van der Waals surface area contributed by atoms with Crippen molar-refractivity contribution in [3.8, 4) is 0 Å². The molecule has 1 atom stereocenters. The molecule has 1 aromatic heterocycles. The summed E-state index contributed by atoms with van der Waals surface area (Å²) in [5.41, 5.74) is 0.381. The molecule has 1 unspecified atom stereocenters. The molecular formula is C9H12N4O2. The van der Waals surface area contributed by atoms with Gasteiger partial charge in [0.05, 0.1) is 12.9 Å². The number of ketones is 1. The minimum atomic E-state index is -0.499. The van der Waals surface area contributed by atoms with Gasteiger partial charge in [-0.05, 0) is 0 Å². The molecule has 80 valence electrons. The molecular weight excluding hydrogens is 196 g/mol. The Bertz CT molecular complexity index is 399. The van der Waals surface area contributed by atoms with Crippen molar-refractivity contribution in [3.05, 3.63) is 18.2 Å². The summed E-state index contributed by atoms with van der Waals surface area (Å²) in [7, 11) is 1.79. The molecule has 1 amide bonds. The Labute approximate surface area is 86.7 Å². The predicted molar refractivity (Wildman–Crippen MR) is 52.3 cm³/mol. The maximum Gasteiger partial charge on any atom is 0.234 e. The number of aryl methyl sites for hydroxylation is 1. The smallest absolute Gasteiger partial charge is 0.234 e. The first-order valence-corrected chi connectivity index (χ1v) is 4.69. The molecule has 6 nitrogen and oxygen atoms in total. The first-order valence-electron chi connectivity index (χ1n) is 4.69. The van der Waals surface area contributed by atoms with Crippen molar-refractivity contribution >= 4 is 11.7 Å². The molecule has 2 rings (SSSR count). The van der Waals surface area contributed by atoms with Crippen LogP contribution in [0.2, 0.25) is 0 Å². The fourth-order valence-corrected chi connectivity index (χ4v) is 1.50. The van der Waals surface area contributed by atoms with Crippen LogP contribution in [0.25, 0.3) is 0 Å². The van der Waals surface area contributed by atoms with Crippen LogP contribution in [0, 0.1) is 0 Å².